The number of benzene rings is 1. The lowest BCUT2D eigenvalue weighted by Gasteiger charge is -2.13. The zero-order valence-electron chi connectivity index (χ0n) is 12.6. The number of aliphatic hydroxyl groups is 1. The van der Waals surface area contributed by atoms with Gasteiger partial charge in [-0.3, -0.25) is 4.79 Å². The molecule has 5 heteroatoms. The van der Waals surface area contributed by atoms with Crippen LogP contribution in [0.1, 0.15) is 11.1 Å². The van der Waals surface area contributed by atoms with Crippen LogP contribution in [0.4, 0.5) is 0 Å². The van der Waals surface area contributed by atoms with Crippen molar-refractivity contribution in [3.05, 3.63) is 35.5 Å². The number of nitrogens with one attached hydrogen (secondary N) is 2. The largest absolute Gasteiger partial charge is 0.394 e. The first-order valence-electron chi connectivity index (χ1n) is 7.18. The highest BCUT2D eigenvalue weighted by atomic mass is 16.3. The van der Waals surface area contributed by atoms with Crippen molar-refractivity contribution in [1.82, 2.24) is 15.2 Å². The Hall–Kier alpha value is -1.85. The minimum Gasteiger partial charge on any atom is -0.394 e. The van der Waals surface area contributed by atoms with Crippen molar-refractivity contribution >= 4 is 17.3 Å². The second-order valence-corrected chi connectivity index (χ2v) is 5.62. The molecule has 114 valence electrons. The summed E-state index contributed by atoms with van der Waals surface area (Å²) in [7, 11) is 4.13. The Morgan fingerprint density at radius 2 is 2.24 bits per heavy atom. The number of aliphatic hydroxyl groups excluding tert-OH is 1. The summed E-state index contributed by atoms with van der Waals surface area (Å²) < 4.78 is 0. The van der Waals surface area contributed by atoms with Gasteiger partial charge in [-0.05, 0) is 50.2 Å². The average Bonchev–Trinajstić information content (AvgIpc) is 2.87. The summed E-state index contributed by atoms with van der Waals surface area (Å²) >= 11 is 0. The van der Waals surface area contributed by atoms with Crippen LogP contribution in [0.25, 0.3) is 10.9 Å². The van der Waals surface area contributed by atoms with Crippen molar-refractivity contribution in [2.24, 2.45) is 0 Å². The fourth-order valence-electron chi connectivity index (χ4n) is 2.46. The highest BCUT2D eigenvalue weighted by Crippen LogP contribution is 2.21. The van der Waals surface area contributed by atoms with Gasteiger partial charge in [0.25, 0.3) is 0 Å². The summed E-state index contributed by atoms with van der Waals surface area (Å²) in [6.07, 6.45) is 4.32. The highest BCUT2D eigenvalue weighted by molar-refractivity contribution is 5.84. The number of likely N-dealkylation sites (N-methyl/N-ethyl adjacent to an activating group) is 1. The molecule has 2 rings (SSSR count). The molecule has 21 heavy (non-hydrogen) atoms. The summed E-state index contributed by atoms with van der Waals surface area (Å²) in [6.45, 7) is 0.945. The van der Waals surface area contributed by atoms with Gasteiger partial charge in [-0.25, -0.2) is 0 Å². The monoisotopic (exact) mass is 289 g/mol. The number of aromatic amines is 1. The molecule has 1 atom stereocenters. The number of fused-ring (bicyclic) bond motifs is 1. The normalized spacial score (nSPS) is 12.8. The molecule has 1 heterocycles. The topological polar surface area (TPSA) is 68.4 Å². The van der Waals surface area contributed by atoms with E-state index in [4.69, 9.17) is 0 Å². The second kappa shape index (κ2) is 7.24. The Balaban J connectivity index is 2.18. The Labute approximate surface area is 125 Å². The number of carbonyl (C=O) groups is 1. The maximum atomic E-state index is 10.5. The average molecular weight is 289 g/mol. The first kappa shape index (κ1) is 15.5. The smallest absolute Gasteiger partial charge is 0.207 e. The van der Waals surface area contributed by atoms with Crippen LogP contribution in [0.15, 0.2) is 24.4 Å². The van der Waals surface area contributed by atoms with Gasteiger partial charge in [-0.15, -0.1) is 0 Å². The molecule has 3 N–H and O–H groups in total. The van der Waals surface area contributed by atoms with Gasteiger partial charge in [0.1, 0.15) is 0 Å². The number of H-pyrrole nitrogens is 1. The Kier molecular flexibility index (Phi) is 5.36. The second-order valence-electron chi connectivity index (χ2n) is 5.62. The number of amides is 1. The lowest BCUT2D eigenvalue weighted by molar-refractivity contribution is -0.110. The number of hydrogen-bond donors (Lipinski definition) is 3. The molecule has 1 aromatic carbocycles. The van der Waals surface area contributed by atoms with Gasteiger partial charge < -0.3 is 20.3 Å². The zero-order valence-corrected chi connectivity index (χ0v) is 12.6. The lowest BCUT2D eigenvalue weighted by Crippen LogP contribution is -2.33. The molecule has 0 bridgehead atoms. The standard InChI is InChI=1S/C16H23N3O2/c1-19(2)6-5-13-9-17-16-4-3-12(8-15(13)16)7-14(10-20)18-11-21/h3-4,8-9,11,14,17,20H,5-7,10H2,1-2H3,(H,18,21)/t14-/m0/s1. The summed E-state index contributed by atoms with van der Waals surface area (Å²) in [5.41, 5.74) is 3.53. The van der Waals surface area contributed by atoms with E-state index >= 15 is 0 Å². The van der Waals surface area contributed by atoms with E-state index in [1.807, 2.05) is 6.07 Å². The van der Waals surface area contributed by atoms with Gasteiger partial charge in [-0.1, -0.05) is 6.07 Å². The van der Waals surface area contributed by atoms with Crippen LogP contribution in [0, 0.1) is 0 Å². The number of rotatable bonds is 8. The van der Waals surface area contributed by atoms with E-state index in [-0.39, 0.29) is 12.6 Å². The van der Waals surface area contributed by atoms with Crippen LogP contribution in [-0.4, -0.2) is 54.7 Å². The van der Waals surface area contributed by atoms with E-state index in [1.54, 1.807) is 0 Å². The molecule has 0 unspecified atom stereocenters. The number of hydrogen-bond acceptors (Lipinski definition) is 3. The van der Waals surface area contributed by atoms with Crippen molar-refractivity contribution in [2.45, 2.75) is 18.9 Å². The Morgan fingerprint density at radius 1 is 1.43 bits per heavy atom. The van der Waals surface area contributed by atoms with Crippen LogP contribution in [0.2, 0.25) is 0 Å². The van der Waals surface area contributed by atoms with Gasteiger partial charge in [0.05, 0.1) is 12.6 Å². The fourth-order valence-corrected chi connectivity index (χ4v) is 2.46. The van der Waals surface area contributed by atoms with Crippen molar-refractivity contribution in [1.29, 1.82) is 0 Å². The molecule has 1 aromatic heterocycles. The predicted molar refractivity (Wildman–Crippen MR) is 84.3 cm³/mol. The molecule has 0 aliphatic rings. The molecule has 0 spiro atoms. The number of aromatic nitrogens is 1. The van der Waals surface area contributed by atoms with Gasteiger partial charge in [0.15, 0.2) is 0 Å². The molecule has 0 radical (unpaired) electrons. The van der Waals surface area contributed by atoms with Gasteiger partial charge in [0, 0.05) is 23.6 Å². The van der Waals surface area contributed by atoms with Gasteiger partial charge in [-0.2, -0.15) is 0 Å². The lowest BCUT2D eigenvalue weighted by atomic mass is 10.0. The zero-order chi connectivity index (χ0) is 15.2. The van der Waals surface area contributed by atoms with Crippen LogP contribution in [0.5, 0.6) is 0 Å². The Bertz CT molecular complexity index is 592. The number of nitrogens with zero attached hydrogens (tertiary/aromatic N) is 1. The van der Waals surface area contributed by atoms with Crippen LogP contribution in [0.3, 0.4) is 0 Å². The minimum absolute atomic E-state index is 0.0581. The van der Waals surface area contributed by atoms with Crippen molar-refractivity contribution in [3.63, 3.8) is 0 Å². The maximum absolute atomic E-state index is 10.5. The van der Waals surface area contributed by atoms with Crippen LogP contribution >= 0.6 is 0 Å². The predicted octanol–water partition coefficient (Wildman–Crippen LogP) is 0.921. The van der Waals surface area contributed by atoms with Crippen LogP contribution in [-0.2, 0) is 17.6 Å². The molecule has 0 aliphatic heterocycles. The third-order valence-electron chi connectivity index (χ3n) is 3.67. The summed E-state index contributed by atoms with van der Waals surface area (Å²) in [5.74, 6) is 0. The molecule has 0 aliphatic carbocycles. The fraction of sp³-hybridized carbons (Fsp3) is 0.438. The quantitative estimate of drug-likeness (QED) is 0.633. The van der Waals surface area contributed by atoms with Gasteiger partial charge in [0.2, 0.25) is 6.41 Å². The molecule has 0 saturated heterocycles. The van der Waals surface area contributed by atoms with Crippen molar-refractivity contribution < 1.29 is 9.90 Å². The summed E-state index contributed by atoms with van der Waals surface area (Å²) in [6, 6.07) is 6.00. The minimum atomic E-state index is -0.232. The molecule has 2 aromatic rings. The molecule has 0 saturated carbocycles. The molecule has 1 amide bonds. The van der Waals surface area contributed by atoms with E-state index in [1.165, 1.54) is 10.9 Å². The van der Waals surface area contributed by atoms with Gasteiger partial charge >= 0.3 is 0 Å². The first-order chi connectivity index (χ1) is 10.1. The van der Waals surface area contributed by atoms with E-state index in [2.05, 4.69) is 47.6 Å². The van der Waals surface area contributed by atoms with E-state index in [9.17, 15) is 9.90 Å². The molecule has 5 nitrogen and oxygen atoms in total. The Morgan fingerprint density at radius 3 is 2.90 bits per heavy atom. The molecular formula is C16H23N3O2. The van der Waals surface area contributed by atoms with Crippen LogP contribution < -0.4 is 5.32 Å². The van der Waals surface area contributed by atoms with E-state index in [0.717, 1.165) is 24.0 Å². The molecule has 0 fully saturated rings. The third kappa shape index (κ3) is 4.06. The summed E-state index contributed by atoms with van der Waals surface area (Å²) in [4.78, 5) is 16.0. The summed E-state index contributed by atoms with van der Waals surface area (Å²) in [5, 5.41) is 13.1. The maximum Gasteiger partial charge on any atom is 0.207 e. The molecular weight excluding hydrogens is 266 g/mol. The highest BCUT2D eigenvalue weighted by Gasteiger charge is 2.10. The SMILES string of the molecule is CN(C)CCc1c[nH]c2ccc(C[C@@H](CO)NC=O)cc12. The first-order valence-corrected chi connectivity index (χ1v) is 7.18. The third-order valence-corrected chi connectivity index (χ3v) is 3.67. The van der Waals surface area contributed by atoms with Crippen molar-refractivity contribution in [3.8, 4) is 0 Å². The van der Waals surface area contributed by atoms with Crippen molar-refractivity contribution in [2.75, 3.05) is 27.2 Å². The number of carbonyl (C=O) groups excluding carboxylic acids is 1. The van der Waals surface area contributed by atoms with E-state index in [0.29, 0.717) is 12.8 Å². The van der Waals surface area contributed by atoms with E-state index < -0.39 is 0 Å².